The third-order valence-corrected chi connectivity index (χ3v) is 5.53. The van der Waals surface area contributed by atoms with Crippen LogP contribution in [0.1, 0.15) is 42.9 Å². The van der Waals surface area contributed by atoms with Crippen LogP contribution in [0.25, 0.3) is 0 Å². The van der Waals surface area contributed by atoms with E-state index in [1.165, 1.54) is 25.5 Å². The smallest absolute Gasteiger partial charge is 0.315 e. The highest BCUT2D eigenvalue weighted by atomic mass is 19.1. The van der Waals surface area contributed by atoms with Gasteiger partial charge in [-0.05, 0) is 49.1 Å². The Labute approximate surface area is 161 Å². The van der Waals surface area contributed by atoms with Gasteiger partial charge in [-0.15, -0.1) is 0 Å². The third kappa shape index (κ3) is 3.09. The van der Waals surface area contributed by atoms with E-state index in [9.17, 15) is 14.0 Å². The van der Waals surface area contributed by atoms with Crippen molar-refractivity contribution < 1.29 is 23.1 Å². The highest BCUT2D eigenvalue weighted by Crippen LogP contribution is 2.46. The molecule has 5 nitrogen and oxygen atoms in total. The summed E-state index contributed by atoms with van der Waals surface area (Å²) in [4.78, 5) is 30.2. The summed E-state index contributed by atoms with van der Waals surface area (Å²) in [5.74, 6) is -1.58. The SMILES string of the molecule is COC(=O)C1C(C)=NC2=C(C(=O)C[C@@H](c3ccc(F)cc3)C2)[C@@H]1c1ccco1. The topological polar surface area (TPSA) is 68.9 Å². The van der Waals surface area contributed by atoms with Gasteiger partial charge in [0, 0.05) is 23.4 Å². The number of hydrogen-bond acceptors (Lipinski definition) is 5. The Morgan fingerprint density at radius 3 is 2.61 bits per heavy atom. The van der Waals surface area contributed by atoms with Gasteiger partial charge < -0.3 is 9.15 Å². The van der Waals surface area contributed by atoms with Gasteiger partial charge in [0.15, 0.2) is 5.78 Å². The van der Waals surface area contributed by atoms with Crippen molar-refractivity contribution in [3.63, 3.8) is 0 Å². The fraction of sp³-hybridized carbons (Fsp3) is 0.318. The second kappa shape index (κ2) is 7.19. The van der Waals surface area contributed by atoms with Crippen LogP contribution in [0, 0.1) is 11.7 Å². The second-order valence-electron chi connectivity index (χ2n) is 7.19. The molecule has 0 radical (unpaired) electrons. The zero-order chi connectivity index (χ0) is 19.8. The van der Waals surface area contributed by atoms with Crippen LogP contribution in [0.15, 0.2) is 63.3 Å². The molecule has 1 aliphatic heterocycles. The molecule has 1 aromatic carbocycles. The lowest BCUT2D eigenvalue weighted by Gasteiger charge is -2.35. The van der Waals surface area contributed by atoms with E-state index in [2.05, 4.69) is 4.99 Å². The van der Waals surface area contributed by atoms with Crippen molar-refractivity contribution in [2.75, 3.05) is 7.11 Å². The van der Waals surface area contributed by atoms with Gasteiger partial charge in [-0.1, -0.05) is 12.1 Å². The summed E-state index contributed by atoms with van der Waals surface area (Å²) in [5.41, 5.74) is 2.69. The molecule has 0 saturated heterocycles. The number of allylic oxidation sites excluding steroid dienone is 2. The molecular weight excluding hydrogens is 361 g/mol. The van der Waals surface area contributed by atoms with E-state index in [-0.39, 0.29) is 23.9 Å². The summed E-state index contributed by atoms with van der Waals surface area (Å²) < 4.78 is 23.8. The van der Waals surface area contributed by atoms with Crippen LogP contribution in [0.2, 0.25) is 0 Å². The number of halogens is 1. The molecule has 1 unspecified atom stereocenters. The van der Waals surface area contributed by atoms with E-state index in [1.54, 1.807) is 31.2 Å². The van der Waals surface area contributed by atoms with Gasteiger partial charge >= 0.3 is 5.97 Å². The number of esters is 1. The summed E-state index contributed by atoms with van der Waals surface area (Å²) in [7, 11) is 1.33. The van der Waals surface area contributed by atoms with Gasteiger partial charge in [-0.2, -0.15) is 0 Å². The van der Waals surface area contributed by atoms with Crippen molar-refractivity contribution in [1.82, 2.24) is 0 Å². The van der Waals surface area contributed by atoms with Crippen LogP contribution in [-0.4, -0.2) is 24.6 Å². The minimum absolute atomic E-state index is 0.0675. The van der Waals surface area contributed by atoms with Crippen molar-refractivity contribution in [1.29, 1.82) is 0 Å². The Hall–Kier alpha value is -3.02. The van der Waals surface area contributed by atoms with Crippen LogP contribution in [-0.2, 0) is 14.3 Å². The molecule has 1 aromatic heterocycles. The summed E-state index contributed by atoms with van der Waals surface area (Å²) in [6.45, 7) is 1.77. The van der Waals surface area contributed by atoms with Crippen LogP contribution >= 0.6 is 0 Å². The number of rotatable bonds is 3. The first-order chi connectivity index (χ1) is 13.5. The number of benzene rings is 1. The maximum Gasteiger partial charge on any atom is 0.315 e. The second-order valence-corrected chi connectivity index (χ2v) is 7.19. The van der Waals surface area contributed by atoms with E-state index < -0.39 is 17.8 Å². The van der Waals surface area contributed by atoms with Gasteiger partial charge in [-0.25, -0.2) is 4.39 Å². The molecule has 0 saturated carbocycles. The summed E-state index contributed by atoms with van der Waals surface area (Å²) in [6, 6.07) is 9.72. The Kier molecular flexibility index (Phi) is 4.71. The molecule has 0 N–H and O–H groups in total. The molecule has 0 bridgehead atoms. The number of hydrogen-bond donors (Lipinski definition) is 0. The number of Topliss-reactive ketones (excluding diaryl/α,β-unsaturated/α-hetero) is 1. The summed E-state index contributed by atoms with van der Waals surface area (Å²) in [6.07, 6.45) is 2.36. The first-order valence-corrected chi connectivity index (χ1v) is 9.17. The number of furan rings is 1. The number of ketones is 1. The normalized spacial score (nSPS) is 24.6. The highest BCUT2D eigenvalue weighted by Gasteiger charge is 2.45. The van der Waals surface area contributed by atoms with E-state index in [0.717, 1.165) is 5.56 Å². The molecular formula is C22H20FNO4. The predicted molar refractivity (Wildman–Crippen MR) is 100 cm³/mol. The first kappa shape index (κ1) is 18.3. The molecule has 28 heavy (non-hydrogen) atoms. The summed E-state index contributed by atoms with van der Waals surface area (Å²) in [5, 5.41) is 0. The summed E-state index contributed by atoms with van der Waals surface area (Å²) >= 11 is 0. The zero-order valence-corrected chi connectivity index (χ0v) is 15.6. The molecule has 2 aliphatic rings. The largest absolute Gasteiger partial charge is 0.469 e. The quantitative estimate of drug-likeness (QED) is 0.749. The number of nitrogens with zero attached hydrogens (tertiary/aromatic N) is 1. The zero-order valence-electron chi connectivity index (χ0n) is 15.6. The maximum atomic E-state index is 13.3. The van der Waals surface area contributed by atoms with Gasteiger partial charge in [0.25, 0.3) is 0 Å². The first-order valence-electron chi connectivity index (χ1n) is 9.17. The fourth-order valence-electron chi connectivity index (χ4n) is 4.24. The lowest BCUT2D eigenvalue weighted by molar-refractivity contribution is -0.143. The lowest BCUT2D eigenvalue weighted by atomic mass is 9.71. The Morgan fingerprint density at radius 1 is 1.21 bits per heavy atom. The Bertz CT molecular complexity index is 972. The van der Waals surface area contributed by atoms with Crippen molar-refractivity contribution in [2.45, 2.75) is 31.6 Å². The van der Waals surface area contributed by atoms with Crippen LogP contribution < -0.4 is 0 Å². The Morgan fingerprint density at radius 2 is 1.96 bits per heavy atom. The minimum atomic E-state index is -0.693. The number of carbonyl (C=O) groups excluding carboxylic acids is 2. The van der Waals surface area contributed by atoms with E-state index in [1.807, 2.05) is 0 Å². The molecule has 6 heteroatoms. The van der Waals surface area contributed by atoms with Gasteiger partial charge in [-0.3, -0.25) is 14.6 Å². The van der Waals surface area contributed by atoms with Gasteiger partial charge in [0.1, 0.15) is 17.5 Å². The van der Waals surface area contributed by atoms with E-state index in [0.29, 0.717) is 29.2 Å². The van der Waals surface area contributed by atoms with Crippen LogP contribution in [0.3, 0.4) is 0 Å². The van der Waals surface area contributed by atoms with Crippen molar-refractivity contribution in [3.8, 4) is 0 Å². The Balaban J connectivity index is 1.77. The van der Waals surface area contributed by atoms with Crippen molar-refractivity contribution >= 4 is 17.5 Å². The molecule has 2 heterocycles. The molecule has 0 spiro atoms. The molecule has 1 aliphatic carbocycles. The average molecular weight is 381 g/mol. The lowest BCUT2D eigenvalue weighted by Crippen LogP contribution is -2.37. The molecule has 2 aromatic rings. The molecule has 0 amide bonds. The number of aliphatic imine (C=N–C) groups is 1. The number of ether oxygens (including phenoxy) is 1. The van der Waals surface area contributed by atoms with Gasteiger partial charge in [0.05, 0.1) is 19.3 Å². The van der Waals surface area contributed by atoms with Crippen LogP contribution in [0.4, 0.5) is 4.39 Å². The number of methoxy groups -OCH3 is 1. The average Bonchev–Trinajstić information content (AvgIpc) is 3.21. The molecule has 4 rings (SSSR count). The standard InChI is InChI=1S/C22H20FNO4/c1-12-19(22(26)27-2)21(18-4-3-9-28-18)20-16(24-12)10-14(11-17(20)25)13-5-7-15(23)8-6-13/h3-9,14,19,21H,10-11H2,1-2H3/t14-,19?,21+/m0/s1. The molecule has 3 atom stereocenters. The maximum absolute atomic E-state index is 13.3. The monoisotopic (exact) mass is 381 g/mol. The highest BCUT2D eigenvalue weighted by molar-refractivity contribution is 6.08. The van der Waals surface area contributed by atoms with Crippen LogP contribution in [0.5, 0.6) is 0 Å². The fourth-order valence-corrected chi connectivity index (χ4v) is 4.24. The van der Waals surface area contributed by atoms with E-state index >= 15 is 0 Å². The van der Waals surface area contributed by atoms with Gasteiger partial charge in [0.2, 0.25) is 0 Å². The molecule has 144 valence electrons. The minimum Gasteiger partial charge on any atom is -0.469 e. The predicted octanol–water partition coefficient (Wildman–Crippen LogP) is 4.17. The van der Waals surface area contributed by atoms with E-state index in [4.69, 9.17) is 9.15 Å². The third-order valence-electron chi connectivity index (χ3n) is 5.53. The van der Waals surface area contributed by atoms with Crippen molar-refractivity contribution in [2.24, 2.45) is 10.9 Å². The van der Waals surface area contributed by atoms with Crippen molar-refractivity contribution in [3.05, 3.63) is 71.1 Å². The molecule has 0 fully saturated rings. The number of carbonyl (C=O) groups is 2.